The van der Waals surface area contributed by atoms with Crippen LogP contribution >= 0.6 is 11.8 Å². The summed E-state index contributed by atoms with van der Waals surface area (Å²) < 4.78 is 0. The molecule has 1 N–H and O–H groups in total. The zero-order chi connectivity index (χ0) is 17.6. The van der Waals surface area contributed by atoms with Crippen LogP contribution in [0.1, 0.15) is 25.3 Å². The van der Waals surface area contributed by atoms with Crippen LogP contribution in [0.3, 0.4) is 0 Å². The van der Waals surface area contributed by atoms with Gasteiger partial charge in [0.05, 0.1) is 5.25 Å². The Labute approximate surface area is 152 Å². The molecule has 1 aliphatic heterocycles. The molecule has 1 unspecified atom stereocenters. The highest BCUT2D eigenvalue weighted by Gasteiger charge is 2.22. The number of anilines is 2. The second-order valence-corrected chi connectivity index (χ2v) is 7.46. The van der Waals surface area contributed by atoms with Crippen LogP contribution in [0.25, 0.3) is 0 Å². The van der Waals surface area contributed by atoms with Crippen molar-refractivity contribution in [3.05, 3.63) is 60.2 Å². The van der Waals surface area contributed by atoms with E-state index in [1.54, 1.807) is 16.7 Å². The van der Waals surface area contributed by atoms with Crippen molar-refractivity contribution in [2.75, 3.05) is 16.8 Å². The van der Waals surface area contributed by atoms with Crippen LogP contribution in [0.4, 0.5) is 11.4 Å². The topological polar surface area (TPSA) is 49.4 Å². The lowest BCUT2D eigenvalue weighted by Gasteiger charge is -2.17. The lowest BCUT2D eigenvalue weighted by atomic mass is 10.2. The highest BCUT2D eigenvalue weighted by molar-refractivity contribution is 7.99. The quantitative estimate of drug-likeness (QED) is 0.850. The summed E-state index contributed by atoms with van der Waals surface area (Å²) in [6, 6.07) is 17.6. The van der Waals surface area contributed by atoms with Crippen molar-refractivity contribution in [1.29, 1.82) is 0 Å². The number of hydrogen-bond acceptors (Lipinski definition) is 3. The van der Waals surface area contributed by atoms with Gasteiger partial charge in [0.2, 0.25) is 11.8 Å². The number of amides is 2. The summed E-state index contributed by atoms with van der Waals surface area (Å²) in [7, 11) is 0. The standard InChI is InChI=1S/C20H22N2O2S/c1-15(25-14-16-7-3-2-4-8-16)20(24)21-17-9-5-10-18(13-17)22-12-6-11-19(22)23/h2-5,7-10,13,15H,6,11-12,14H2,1H3,(H,21,24). The minimum Gasteiger partial charge on any atom is -0.325 e. The Bertz CT molecular complexity index is 748. The molecule has 25 heavy (non-hydrogen) atoms. The second kappa shape index (κ2) is 8.21. The highest BCUT2D eigenvalue weighted by atomic mass is 32.2. The van der Waals surface area contributed by atoms with Crippen LogP contribution in [0.2, 0.25) is 0 Å². The summed E-state index contributed by atoms with van der Waals surface area (Å²) in [6.07, 6.45) is 1.49. The van der Waals surface area contributed by atoms with Gasteiger partial charge in [0, 0.05) is 30.1 Å². The van der Waals surface area contributed by atoms with Gasteiger partial charge in [-0.1, -0.05) is 36.4 Å². The number of carbonyl (C=O) groups is 2. The first kappa shape index (κ1) is 17.5. The van der Waals surface area contributed by atoms with Crippen molar-refractivity contribution >= 4 is 35.0 Å². The van der Waals surface area contributed by atoms with Crippen LogP contribution in [0.5, 0.6) is 0 Å². The summed E-state index contributed by atoms with van der Waals surface area (Å²) in [5.41, 5.74) is 2.79. The minimum absolute atomic E-state index is 0.0224. The monoisotopic (exact) mass is 354 g/mol. The summed E-state index contributed by atoms with van der Waals surface area (Å²) in [4.78, 5) is 26.1. The van der Waals surface area contributed by atoms with E-state index in [0.717, 1.165) is 30.1 Å². The van der Waals surface area contributed by atoms with Gasteiger partial charge in [-0.25, -0.2) is 0 Å². The zero-order valence-corrected chi connectivity index (χ0v) is 15.1. The number of nitrogens with zero attached hydrogens (tertiary/aromatic N) is 1. The van der Waals surface area contributed by atoms with Gasteiger partial charge in [-0.3, -0.25) is 9.59 Å². The number of hydrogen-bond donors (Lipinski definition) is 1. The van der Waals surface area contributed by atoms with E-state index in [2.05, 4.69) is 17.4 Å². The second-order valence-electron chi connectivity index (χ2n) is 6.13. The van der Waals surface area contributed by atoms with Gasteiger partial charge in [-0.05, 0) is 37.1 Å². The first-order valence-corrected chi connectivity index (χ1v) is 9.55. The Balaban J connectivity index is 1.57. The third kappa shape index (κ3) is 4.63. The van der Waals surface area contributed by atoms with Gasteiger partial charge in [0.1, 0.15) is 0 Å². The minimum atomic E-state index is -0.155. The van der Waals surface area contributed by atoms with Gasteiger partial charge in [0.15, 0.2) is 0 Å². The molecule has 1 aliphatic rings. The first-order chi connectivity index (χ1) is 12.1. The van der Waals surface area contributed by atoms with Crippen molar-refractivity contribution in [2.24, 2.45) is 0 Å². The Hall–Kier alpha value is -2.27. The molecule has 2 aromatic carbocycles. The molecule has 2 amide bonds. The molecule has 0 radical (unpaired) electrons. The number of rotatable bonds is 6. The van der Waals surface area contributed by atoms with E-state index in [4.69, 9.17) is 0 Å². The number of thioether (sulfide) groups is 1. The summed E-state index contributed by atoms with van der Waals surface area (Å²) in [6.45, 7) is 2.66. The predicted octanol–water partition coefficient (Wildman–Crippen LogP) is 4.07. The molecule has 0 aromatic heterocycles. The fourth-order valence-electron chi connectivity index (χ4n) is 2.79. The normalized spacial score (nSPS) is 15.2. The van der Waals surface area contributed by atoms with Crippen molar-refractivity contribution in [3.8, 4) is 0 Å². The van der Waals surface area contributed by atoms with Crippen molar-refractivity contribution in [1.82, 2.24) is 0 Å². The molecule has 3 rings (SSSR count). The maximum atomic E-state index is 12.4. The van der Waals surface area contributed by atoms with Crippen molar-refractivity contribution < 1.29 is 9.59 Å². The molecule has 1 fully saturated rings. The van der Waals surface area contributed by atoms with Gasteiger partial charge in [-0.2, -0.15) is 0 Å². The Morgan fingerprint density at radius 1 is 1.20 bits per heavy atom. The maximum Gasteiger partial charge on any atom is 0.237 e. The van der Waals surface area contributed by atoms with Crippen LogP contribution < -0.4 is 10.2 Å². The largest absolute Gasteiger partial charge is 0.325 e. The van der Waals surface area contributed by atoms with Gasteiger partial charge in [-0.15, -0.1) is 11.8 Å². The smallest absolute Gasteiger partial charge is 0.237 e. The molecule has 0 spiro atoms. The SMILES string of the molecule is CC(SCc1ccccc1)C(=O)Nc1cccc(N2CCCC2=O)c1. The van der Waals surface area contributed by atoms with Crippen LogP contribution in [0.15, 0.2) is 54.6 Å². The van der Waals surface area contributed by atoms with Crippen LogP contribution in [-0.4, -0.2) is 23.6 Å². The van der Waals surface area contributed by atoms with E-state index in [1.807, 2.05) is 49.4 Å². The summed E-state index contributed by atoms with van der Waals surface area (Å²) >= 11 is 1.61. The molecule has 1 atom stereocenters. The molecule has 0 aliphatic carbocycles. The number of benzene rings is 2. The average molecular weight is 354 g/mol. The van der Waals surface area contributed by atoms with E-state index in [-0.39, 0.29) is 17.1 Å². The van der Waals surface area contributed by atoms with Gasteiger partial charge in [0.25, 0.3) is 0 Å². The predicted molar refractivity (Wildman–Crippen MR) is 104 cm³/mol. The molecule has 1 saturated heterocycles. The zero-order valence-electron chi connectivity index (χ0n) is 14.3. The lowest BCUT2D eigenvalue weighted by molar-refractivity contribution is -0.117. The third-order valence-corrected chi connectivity index (χ3v) is 5.42. The maximum absolute atomic E-state index is 12.4. The molecule has 2 aromatic rings. The van der Waals surface area contributed by atoms with Crippen LogP contribution in [0, 0.1) is 0 Å². The molecule has 5 heteroatoms. The van der Waals surface area contributed by atoms with E-state index in [9.17, 15) is 9.59 Å². The summed E-state index contributed by atoms with van der Waals surface area (Å²) in [5.74, 6) is 0.929. The fraction of sp³-hybridized carbons (Fsp3) is 0.300. The molecule has 0 bridgehead atoms. The van der Waals surface area contributed by atoms with Crippen molar-refractivity contribution in [2.45, 2.75) is 30.8 Å². The van der Waals surface area contributed by atoms with Crippen molar-refractivity contribution in [3.63, 3.8) is 0 Å². The number of carbonyl (C=O) groups excluding carboxylic acids is 2. The lowest BCUT2D eigenvalue weighted by Crippen LogP contribution is -2.25. The Kier molecular flexibility index (Phi) is 5.76. The van der Waals surface area contributed by atoms with E-state index >= 15 is 0 Å². The molecule has 0 saturated carbocycles. The first-order valence-electron chi connectivity index (χ1n) is 8.50. The van der Waals surface area contributed by atoms with Crippen LogP contribution in [-0.2, 0) is 15.3 Å². The van der Waals surface area contributed by atoms with Gasteiger partial charge >= 0.3 is 0 Å². The average Bonchev–Trinajstić information content (AvgIpc) is 3.06. The Morgan fingerprint density at radius 2 is 2.00 bits per heavy atom. The van der Waals surface area contributed by atoms with E-state index in [0.29, 0.717) is 6.42 Å². The molecule has 4 nitrogen and oxygen atoms in total. The third-order valence-electron chi connectivity index (χ3n) is 4.21. The van der Waals surface area contributed by atoms with E-state index < -0.39 is 0 Å². The molecule has 130 valence electrons. The van der Waals surface area contributed by atoms with E-state index in [1.165, 1.54) is 5.56 Å². The Morgan fingerprint density at radius 3 is 2.72 bits per heavy atom. The molecular weight excluding hydrogens is 332 g/mol. The fourth-order valence-corrected chi connectivity index (χ4v) is 3.63. The summed E-state index contributed by atoms with van der Waals surface area (Å²) in [5, 5.41) is 2.80. The molecule has 1 heterocycles. The van der Waals surface area contributed by atoms with Gasteiger partial charge < -0.3 is 10.2 Å². The number of nitrogens with one attached hydrogen (secondary N) is 1. The molecular formula is C20H22N2O2S. The highest BCUT2D eigenvalue weighted by Crippen LogP contribution is 2.25.